The summed E-state index contributed by atoms with van der Waals surface area (Å²) in [7, 11) is 0. The van der Waals surface area contributed by atoms with Crippen LogP contribution in [0.25, 0.3) is 5.70 Å². The highest BCUT2D eigenvalue weighted by Crippen LogP contribution is 2.17. The van der Waals surface area contributed by atoms with E-state index in [1.807, 2.05) is 25.1 Å². The van der Waals surface area contributed by atoms with E-state index in [0.717, 1.165) is 11.1 Å². The van der Waals surface area contributed by atoms with Gasteiger partial charge in [0.15, 0.2) is 0 Å². The largest absolute Gasteiger partial charge is 0.399 e. The van der Waals surface area contributed by atoms with Crippen LogP contribution in [0.15, 0.2) is 24.8 Å². The number of rotatable bonds is 1. The average Bonchev–Trinajstić information content (AvgIpc) is 1.94. The lowest BCUT2D eigenvalue weighted by Crippen LogP contribution is -1.99. The van der Waals surface area contributed by atoms with Gasteiger partial charge in [0, 0.05) is 16.9 Å². The molecule has 0 atom stereocenters. The van der Waals surface area contributed by atoms with Crippen LogP contribution in [0.4, 0.5) is 5.69 Å². The van der Waals surface area contributed by atoms with E-state index in [1.54, 1.807) is 0 Å². The second-order valence-corrected chi connectivity index (χ2v) is 2.62. The molecular weight excluding hydrogens is 136 g/mol. The zero-order valence-corrected chi connectivity index (χ0v) is 6.59. The molecule has 0 spiro atoms. The third kappa shape index (κ3) is 1.52. The van der Waals surface area contributed by atoms with Crippen LogP contribution >= 0.6 is 0 Å². The zero-order valence-electron chi connectivity index (χ0n) is 6.59. The Balaban J connectivity index is 3.23. The van der Waals surface area contributed by atoms with Gasteiger partial charge in [0.05, 0.1) is 0 Å². The Labute approximate surface area is 66.5 Å². The Morgan fingerprint density at radius 3 is 2.55 bits per heavy atom. The first-order valence-electron chi connectivity index (χ1n) is 3.42. The fraction of sp³-hybridized carbons (Fsp3) is 0.111. The number of benzene rings is 1. The van der Waals surface area contributed by atoms with Gasteiger partial charge in [0.2, 0.25) is 0 Å². The van der Waals surface area contributed by atoms with E-state index in [1.165, 1.54) is 0 Å². The van der Waals surface area contributed by atoms with Crippen LogP contribution in [-0.4, -0.2) is 0 Å². The second-order valence-electron chi connectivity index (χ2n) is 2.62. The lowest BCUT2D eigenvalue weighted by molar-refractivity contribution is 1.43. The molecule has 1 aromatic carbocycles. The summed E-state index contributed by atoms with van der Waals surface area (Å²) in [6.45, 7) is 5.62. The van der Waals surface area contributed by atoms with Crippen LogP contribution in [0.2, 0.25) is 0 Å². The molecule has 2 heteroatoms. The number of hydrogen-bond donors (Lipinski definition) is 2. The summed E-state index contributed by atoms with van der Waals surface area (Å²) >= 11 is 0. The van der Waals surface area contributed by atoms with Gasteiger partial charge in [-0.05, 0) is 19.1 Å². The van der Waals surface area contributed by atoms with Crippen molar-refractivity contribution in [1.29, 1.82) is 0 Å². The predicted molar refractivity (Wildman–Crippen MR) is 48.8 cm³/mol. The van der Waals surface area contributed by atoms with Crippen molar-refractivity contribution in [1.82, 2.24) is 0 Å². The van der Waals surface area contributed by atoms with Crippen molar-refractivity contribution in [3.05, 3.63) is 35.9 Å². The highest BCUT2D eigenvalue weighted by Gasteiger charge is 1.98. The highest BCUT2D eigenvalue weighted by atomic mass is 14.6. The molecule has 2 nitrogen and oxygen atoms in total. The lowest BCUT2D eigenvalue weighted by atomic mass is 10.1. The Morgan fingerprint density at radius 1 is 1.45 bits per heavy atom. The standard InChI is InChI=1S/C9H12N2/c1-6-3-4-9(11)8(5-6)7(2)10/h3-5H,2,10-11H2,1H3. The molecule has 0 aliphatic rings. The SMILES string of the molecule is C=C(N)c1cc(C)ccc1N. The van der Waals surface area contributed by atoms with Gasteiger partial charge in [0.25, 0.3) is 0 Å². The average molecular weight is 148 g/mol. The van der Waals surface area contributed by atoms with Crippen LogP contribution in [0.1, 0.15) is 11.1 Å². The van der Waals surface area contributed by atoms with Crippen molar-refractivity contribution in [2.75, 3.05) is 5.73 Å². The van der Waals surface area contributed by atoms with Gasteiger partial charge in [0.1, 0.15) is 0 Å². The summed E-state index contributed by atoms with van der Waals surface area (Å²) in [4.78, 5) is 0. The van der Waals surface area contributed by atoms with E-state index in [0.29, 0.717) is 11.4 Å². The molecule has 0 bridgehead atoms. The van der Waals surface area contributed by atoms with Crippen molar-refractivity contribution in [3.8, 4) is 0 Å². The molecular formula is C9H12N2. The molecule has 1 aromatic rings. The monoisotopic (exact) mass is 148 g/mol. The molecule has 0 saturated heterocycles. The Morgan fingerprint density at radius 2 is 2.09 bits per heavy atom. The number of aryl methyl sites for hydroxylation is 1. The maximum atomic E-state index is 5.65. The van der Waals surface area contributed by atoms with Crippen molar-refractivity contribution < 1.29 is 0 Å². The van der Waals surface area contributed by atoms with Crippen LogP contribution in [0, 0.1) is 6.92 Å². The summed E-state index contributed by atoms with van der Waals surface area (Å²) < 4.78 is 0. The molecule has 0 aliphatic carbocycles. The molecule has 0 unspecified atom stereocenters. The molecule has 0 radical (unpaired) electrons. The molecule has 0 fully saturated rings. The van der Waals surface area contributed by atoms with Crippen molar-refractivity contribution in [2.45, 2.75) is 6.92 Å². The maximum Gasteiger partial charge on any atom is 0.0408 e. The molecule has 0 aromatic heterocycles. The van der Waals surface area contributed by atoms with Gasteiger partial charge in [-0.25, -0.2) is 0 Å². The topological polar surface area (TPSA) is 52.0 Å². The van der Waals surface area contributed by atoms with Gasteiger partial charge in [-0.2, -0.15) is 0 Å². The van der Waals surface area contributed by atoms with E-state index >= 15 is 0 Å². The number of nitrogens with two attached hydrogens (primary N) is 2. The minimum absolute atomic E-state index is 0.520. The minimum atomic E-state index is 0.520. The van der Waals surface area contributed by atoms with Crippen molar-refractivity contribution >= 4 is 11.4 Å². The van der Waals surface area contributed by atoms with Gasteiger partial charge < -0.3 is 11.5 Å². The molecule has 0 heterocycles. The lowest BCUT2D eigenvalue weighted by Gasteiger charge is -2.04. The first-order valence-corrected chi connectivity index (χ1v) is 3.42. The molecule has 0 aliphatic heterocycles. The van der Waals surface area contributed by atoms with Crippen LogP contribution < -0.4 is 11.5 Å². The molecule has 0 amide bonds. The minimum Gasteiger partial charge on any atom is -0.399 e. The van der Waals surface area contributed by atoms with Crippen LogP contribution in [0.5, 0.6) is 0 Å². The summed E-state index contributed by atoms with van der Waals surface area (Å²) in [6.07, 6.45) is 0. The van der Waals surface area contributed by atoms with Crippen molar-refractivity contribution in [3.63, 3.8) is 0 Å². The predicted octanol–water partition coefficient (Wildman–Crippen LogP) is 1.51. The smallest absolute Gasteiger partial charge is 0.0408 e. The van der Waals surface area contributed by atoms with E-state index in [-0.39, 0.29) is 0 Å². The summed E-state index contributed by atoms with van der Waals surface area (Å²) in [6, 6.07) is 5.71. The van der Waals surface area contributed by atoms with Gasteiger partial charge in [-0.15, -0.1) is 0 Å². The van der Waals surface area contributed by atoms with Crippen LogP contribution in [-0.2, 0) is 0 Å². The fourth-order valence-electron chi connectivity index (χ4n) is 0.948. The molecule has 1 rings (SSSR count). The van der Waals surface area contributed by atoms with E-state index in [2.05, 4.69) is 6.58 Å². The molecule has 58 valence electrons. The van der Waals surface area contributed by atoms with Gasteiger partial charge in [-0.3, -0.25) is 0 Å². The summed E-state index contributed by atoms with van der Waals surface area (Å²) in [5, 5.41) is 0. The van der Waals surface area contributed by atoms with Gasteiger partial charge in [-0.1, -0.05) is 18.2 Å². The Hall–Kier alpha value is -1.44. The molecule has 11 heavy (non-hydrogen) atoms. The summed E-state index contributed by atoms with van der Waals surface area (Å²) in [5.74, 6) is 0. The number of hydrogen-bond acceptors (Lipinski definition) is 2. The second kappa shape index (κ2) is 2.66. The Bertz CT molecular complexity index is 290. The highest BCUT2D eigenvalue weighted by molar-refractivity contribution is 5.72. The fourth-order valence-corrected chi connectivity index (χ4v) is 0.948. The normalized spacial score (nSPS) is 9.55. The number of anilines is 1. The van der Waals surface area contributed by atoms with E-state index in [4.69, 9.17) is 11.5 Å². The third-order valence-electron chi connectivity index (χ3n) is 1.55. The molecule has 4 N–H and O–H groups in total. The molecule has 0 saturated carbocycles. The quantitative estimate of drug-likeness (QED) is 0.593. The third-order valence-corrected chi connectivity index (χ3v) is 1.55. The first-order chi connectivity index (χ1) is 5.11. The van der Waals surface area contributed by atoms with Crippen LogP contribution in [0.3, 0.4) is 0 Å². The van der Waals surface area contributed by atoms with E-state index < -0.39 is 0 Å². The Kier molecular flexibility index (Phi) is 1.85. The zero-order chi connectivity index (χ0) is 8.43. The number of nitrogen functional groups attached to an aromatic ring is 1. The summed E-state index contributed by atoms with van der Waals surface area (Å²) in [5.41, 5.74) is 14.3. The van der Waals surface area contributed by atoms with Gasteiger partial charge >= 0.3 is 0 Å². The first kappa shape index (κ1) is 7.66. The maximum absolute atomic E-state index is 5.65. The van der Waals surface area contributed by atoms with E-state index in [9.17, 15) is 0 Å². The van der Waals surface area contributed by atoms with Crippen molar-refractivity contribution in [2.24, 2.45) is 5.73 Å².